The molecule has 1 amide bonds. The van der Waals surface area contributed by atoms with Crippen molar-refractivity contribution in [2.45, 2.75) is 72.3 Å². The van der Waals surface area contributed by atoms with Gasteiger partial charge in [-0.3, -0.25) is 4.79 Å². The SMILES string of the molecule is CCCCC(=O)N(CCCC)C(C)(C)C. The van der Waals surface area contributed by atoms with Crippen LogP contribution in [0.4, 0.5) is 0 Å². The number of unbranched alkanes of at least 4 members (excludes halogenated alkanes) is 2. The van der Waals surface area contributed by atoms with E-state index in [0.717, 1.165) is 32.2 Å². The van der Waals surface area contributed by atoms with Gasteiger partial charge in [0, 0.05) is 18.5 Å². The molecule has 0 radical (unpaired) electrons. The maximum atomic E-state index is 12.0. The summed E-state index contributed by atoms with van der Waals surface area (Å²) in [5.74, 6) is 0.317. The van der Waals surface area contributed by atoms with Crippen molar-refractivity contribution in [1.82, 2.24) is 4.90 Å². The van der Waals surface area contributed by atoms with Gasteiger partial charge in [0.25, 0.3) is 0 Å². The predicted molar refractivity (Wildman–Crippen MR) is 65.9 cm³/mol. The molecule has 0 heterocycles. The van der Waals surface area contributed by atoms with Crippen LogP contribution in [-0.2, 0) is 4.79 Å². The number of carbonyl (C=O) groups is 1. The minimum Gasteiger partial charge on any atom is -0.338 e. The molecule has 0 saturated carbocycles. The second-order valence-corrected chi connectivity index (χ2v) is 5.17. The zero-order chi connectivity index (χ0) is 11.9. The van der Waals surface area contributed by atoms with Crippen LogP contribution in [0.5, 0.6) is 0 Å². The first-order chi connectivity index (χ1) is 6.93. The largest absolute Gasteiger partial charge is 0.338 e. The van der Waals surface area contributed by atoms with Crippen molar-refractivity contribution >= 4 is 5.91 Å². The van der Waals surface area contributed by atoms with Gasteiger partial charge in [-0.25, -0.2) is 0 Å². The second kappa shape index (κ2) is 6.86. The normalized spacial score (nSPS) is 11.5. The number of rotatable bonds is 6. The summed E-state index contributed by atoms with van der Waals surface area (Å²) in [4.78, 5) is 14.0. The van der Waals surface area contributed by atoms with Gasteiger partial charge in [-0.1, -0.05) is 26.7 Å². The van der Waals surface area contributed by atoms with E-state index in [1.54, 1.807) is 0 Å². The first kappa shape index (κ1) is 14.5. The van der Waals surface area contributed by atoms with Crippen LogP contribution in [0.15, 0.2) is 0 Å². The molecule has 0 rings (SSSR count). The van der Waals surface area contributed by atoms with E-state index in [1.165, 1.54) is 0 Å². The highest BCUT2D eigenvalue weighted by Crippen LogP contribution is 2.16. The van der Waals surface area contributed by atoms with Crippen LogP contribution in [0, 0.1) is 0 Å². The molecule has 0 aromatic carbocycles. The molecule has 2 nitrogen and oxygen atoms in total. The summed E-state index contributed by atoms with van der Waals surface area (Å²) in [6.07, 6.45) is 5.06. The van der Waals surface area contributed by atoms with Crippen molar-refractivity contribution in [3.63, 3.8) is 0 Å². The number of hydrogen-bond acceptors (Lipinski definition) is 1. The van der Waals surface area contributed by atoms with Crippen molar-refractivity contribution in [3.8, 4) is 0 Å². The summed E-state index contributed by atoms with van der Waals surface area (Å²) in [5.41, 5.74) is -0.0278. The molecule has 0 atom stereocenters. The highest BCUT2D eigenvalue weighted by molar-refractivity contribution is 5.76. The zero-order valence-corrected chi connectivity index (χ0v) is 11.1. The van der Waals surface area contributed by atoms with Gasteiger partial charge in [-0.2, -0.15) is 0 Å². The fourth-order valence-corrected chi connectivity index (χ4v) is 1.61. The lowest BCUT2D eigenvalue weighted by molar-refractivity contribution is -0.136. The van der Waals surface area contributed by atoms with E-state index < -0.39 is 0 Å². The highest BCUT2D eigenvalue weighted by Gasteiger charge is 2.24. The third-order valence-corrected chi connectivity index (χ3v) is 2.59. The Bertz CT molecular complexity index is 181. The average molecular weight is 213 g/mol. The summed E-state index contributed by atoms with van der Waals surface area (Å²) in [7, 11) is 0. The predicted octanol–water partition coefficient (Wildman–Crippen LogP) is 3.60. The van der Waals surface area contributed by atoms with E-state index in [-0.39, 0.29) is 5.54 Å². The fourth-order valence-electron chi connectivity index (χ4n) is 1.61. The van der Waals surface area contributed by atoms with Gasteiger partial charge in [0.2, 0.25) is 5.91 Å². The second-order valence-electron chi connectivity index (χ2n) is 5.17. The van der Waals surface area contributed by atoms with Crippen molar-refractivity contribution in [2.24, 2.45) is 0 Å². The Balaban J connectivity index is 4.28. The van der Waals surface area contributed by atoms with E-state index in [9.17, 15) is 4.79 Å². The Labute approximate surface area is 95.0 Å². The van der Waals surface area contributed by atoms with Gasteiger partial charge in [-0.15, -0.1) is 0 Å². The van der Waals surface area contributed by atoms with Gasteiger partial charge >= 0.3 is 0 Å². The first-order valence-corrected chi connectivity index (χ1v) is 6.24. The first-order valence-electron chi connectivity index (χ1n) is 6.24. The lowest BCUT2D eigenvalue weighted by atomic mass is 10.0. The number of nitrogens with zero attached hydrogens (tertiary/aromatic N) is 1. The van der Waals surface area contributed by atoms with Gasteiger partial charge < -0.3 is 4.90 Å². The van der Waals surface area contributed by atoms with Gasteiger partial charge in [0.05, 0.1) is 0 Å². The Kier molecular flexibility index (Phi) is 6.62. The lowest BCUT2D eigenvalue weighted by Crippen LogP contribution is -2.46. The fraction of sp³-hybridized carbons (Fsp3) is 0.923. The van der Waals surface area contributed by atoms with E-state index in [2.05, 4.69) is 34.6 Å². The molecule has 0 N–H and O–H groups in total. The van der Waals surface area contributed by atoms with Crippen molar-refractivity contribution < 1.29 is 4.79 Å². The molecular formula is C13H27NO. The monoisotopic (exact) mass is 213 g/mol. The summed E-state index contributed by atoms with van der Waals surface area (Å²) in [6, 6.07) is 0. The summed E-state index contributed by atoms with van der Waals surface area (Å²) >= 11 is 0. The van der Waals surface area contributed by atoms with E-state index in [1.807, 2.05) is 4.90 Å². The van der Waals surface area contributed by atoms with Crippen molar-refractivity contribution in [3.05, 3.63) is 0 Å². The highest BCUT2D eigenvalue weighted by atomic mass is 16.2. The van der Waals surface area contributed by atoms with E-state index >= 15 is 0 Å². The number of carbonyl (C=O) groups excluding carboxylic acids is 1. The van der Waals surface area contributed by atoms with Gasteiger partial charge in [0.1, 0.15) is 0 Å². The molecule has 0 spiro atoms. The summed E-state index contributed by atoms with van der Waals surface area (Å²) in [5, 5.41) is 0. The standard InChI is InChI=1S/C13H27NO/c1-6-8-10-12(15)14(11-9-7-2)13(3,4)5/h6-11H2,1-5H3. The van der Waals surface area contributed by atoms with Crippen LogP contribution in [0.3, 0.4) is 0 Å². The average Bonchev–Trinajstić information content (AvgIpc) is 2.13. The lowest BCUT2D eigenvalue weighted by Gasteiger charge is -2.36. The molecule has 0 aliphatic rings. The van der Waals surface area contributed by atoms with Crippen LogP contribution in [0.25, 0.3) is 0 Å². The van der Waals surface area contributed by atoms with Crippen LogP contribution < -0.4 is 0 Å². The molecule has 0 aromatic rings. The molecule has 0 saturated heterocycles. The van der Waals surface area contributed by atoms with Gasteiger partial charge in [0.15, 0.2) is 0 Å². The smallest absolute Gasteiger partial charge is 0.222 e. The van der Waals surface area contributed by atoms with Crippen LogP contribution >= 0.6 is 0 Å². The Morgan fingerprint density at radius 1 is 1.07 bits per heavy atom. The Morgan fingerprint density at radius 3 is 2.00 bits per heavy atom. The van der Waals surface area contributed by atoms with Crippen LogP contribution in [0.1, 0.15) is 66.7 Å². The molecule has 15 heavy (non-hydrogen) atoms. The molecule has 0 bridgehead atoms. The summed E-state index contributed by atoms with van der Waals surface area (Å²) in [6.45, 7) is 11.5. The third-order valence-electron chi connectivity index (χ3n) is 2.59. The number of hydrogen-bond donors (Lipinski definition) is 0. The van der Waals surface area contributed by atoms with Crippen LogP contribution in [0.2, 0.25) is 0 Å². The van der Waals surface area contributed by atoms with Crippen molar-refractivity contribution in [2.75, 3.05) is 6.54 Å². The maximum absolute atomic E-state index is 12.0. The number of amides is 1. The quantitative estimate of drug-likeness (QED) is 0.660. The molecule has 0 fully saturated rings. The van der Waals surface area contributed by atoms with E-state index in [0.29, 0.717) is 12.3 Å². The minimum atomic E-state index is -0.0278. The van der Waals surface area contributed by atoms with Crippen molar-refractivity contribution in [1.29, 1.82) is 0 Å². The molecule has 90 valence electrons. The summed E-state index contributed by atoms with van der Waals surface area (Å²) < 4.78 is 0. The molecule has 0 aromatic heterocycles. The molecule has 2 heteroatoms. The maximum Gasteiger partial charge on any atom is 0.222 e. The topological polar surface area (TPSA) is 20.3 Å². The molecule has 0 aliphatic carbocycles. The van der Waals surface area contributed by atoms with Crippen LogP contribution in [-0.4, -0.2) is 22.9 Å². The molecule has 0 aliphatic heterocycles. The van der Waals surface area contributed by atoms with E-state index in [4.69, 9.17) is 0 Å². The Hall–Kier alpha value is -0.530. The zero-order valence-electron chi connectivity index (χ0n) is 11.1. The molecular weight excluding hydrogens is 186 g/mol. The van der Waals surface area contributed by atoms with Gasteiger partial charge in [-0.05, 0) is 33.6 Å². The molecule has 0 unspecified atom stereocenters. The third kappa shape index (κ3) is 5.81. The Morgan fingerprint density at radius 2 is 1.60 bits per heavy atom. The minimum absolute atomic E-state index is 0.0278.